The lowest BCUT2D eigenvalue weighted by molar-refractivity contribution is 0.0484. The molecular formula is C38H50N6O5. The van der Waals surface area contributed by atoms with E-state index in [1.54, 1.807) is 0 Å². The van der Waals surface area contributed by atoms with Crippen LogP contribution in [0.5, 0.6) is 0 Å². The van der Waals surface area contributed by atoms with Crippen molar-refractivity contribution in [1.29, 1.82) is 0 Å². The maximum atomic E-state index is 14.3. The molecule has 0 aliphatic carbocycles. The highest BCUT2D eigenvalue weighted by atomic mass is 16.6. The number of amides is 2. The van der Waals surface area contributed by atoms with Crippen molar-refractivity contribution in [3.05, 3.63) is 106 Å². The van der Waals surface area contributed by atoms with Gasteiger partial charge in [-0.2, -0.15) is 0 Å². The van der Waals surface area contributed by atoms with E-state index in [2.05, 4.69) is 10.6 Å². The SMILES string of the molecule is COC(=O)c1nc([C@@H](NC(=O)c2nc([C@@H](NC(=O)OC(C)(C)C)C(C)C)n(Cc3ccccc3)c2C)C(C)C)n(Cc2ccccc2)c1C. The first kappa shape index (κ1) is 36.9. The van der Waals surface area contributed by atoms with E-state index < -0.39 is 35.7 Å². The molecule has 2 heterocycles. The molecule has 0 bridgehead atoms. The number of aromatic nitrogens is 4. The van der Waals surface area contributed by atoms with E-state index in [0.717, 1.165) is 11.1 Å². The molecular weight excluding hydrogens is 620 g/mol. The summed E-state index contributed by atoms with van der Waals surface area (Å²) in [6.45, 7) is 18.0. The molecule has 0 fully saturated rings. The first-order valence-corrected chi connectivity index (χ1v) is 16.7. The summed E-state index contributed by atoms with van der Waals surface area (Å²) >= 11 is 0. The van der Waals surface area contributed by atoms with Gasteiger partial charge in [-0.1, -0.05) is 88.4 Å². The van der Waals surface area contributed by atoms with Crippen LogP contribution < -0.4 is 10.6 Å². The molecule has 2 N–H and O–H groups in total. The van der Waals surface area contributed by atoms with Crippen LogP contribution in [0.2, 0.25) is 0 Å². The van der Waals surface area contributed by atoms with E-state index in [1.807, 2.05) is 132 Å². The minimum absolute atomic E-state index is 0.0756. The fraction of sp³-hybridized carbons (Fsp3) is 0.447. The first-order valence-electron chi connectivity index (χ1n) is 16.7. The van der Waals surface area contributed by atoms with Crippen LogP contribution in [0.1, 0.15) is 116 Å². The van der Waals surface area contributed by atoms with Crippen molar-refractivity contribution in [1.82, 2.24) is 29.7 Å². The van der Waals surface area contributed by atoms with Crippen molar-refractivity contribution in [2.24, 2.45) is 11.8 Å². The van der Waals surface area contributed by atoms with E-state index in [-0.39, 0.29) is 23.2 Å². The fourth-order valence-corrected chi connectivity index (χ4v) is 5.72. The summed E-state index contributed by atoms with van der Waals surface area (Å²) in [6.07, 6.45) is -0.564. The Labute approximate surface area is 289 Å². The molecule has 0 spiro atoms. The third-order valence-corrected chi connectivity index (χ3v) is 8.31. The summed E-state index contributed by atoms with van der Waals surface area (Å²) in [7, 11) is 1.33. The predicted molar refractivity (Wildman–Crippen MR) is 188 cm³/mol. The molecule has 2 amide bonds. The summed E-state index contributed by atoms with van der Waals surface area (Å²) in [5.74, 6) is -0.0314. The quantitative estimate of drug-likeness (QED) is 0.156. The zero-order valence-corrected chi connectivity index (χ0v) is 30.3. The largest absolute Gasteiger partial charge is 0.464 e. The average Bonchev–Trinajstić information content (AvgIpc) is 3.53. The summed E-state index contributed by atoms with van der Waals surface area (Å²) in [5, 5.41) is 6.20. The Morgan fingerprint density at radius 1 is 0.714 bits per heavy atom. The molecule has 2 atom stereocenters. The number of esters is 1. The summed E-state index contributed by atoms with van der Waals surface area (Å²) in [5.41, 5.74) is 3.08. The zero-order valence-electron chi connectivity index (χ0n) is 30.3. The van der Waals surface area contributed by atoms with Crippen LogP contribution >= 0.6 is 0 Å². The number of hydrogen-bond acceptors (Lipinski definition) is 7. The number of alkyl carbamates (subject to hydrolysis) is 1. The number of nitrogens with zero attached hydrogens (tertiary/aromatic N) is 4. The lowest BCUT2D eigenvalue weighted by Crippen LogP contribution is -2.38. The average molecular weight is 671 g/mol. The van der Waals surface area contributed by atoms with E-state index in [4.69, 9.17) is 19.4 Å². The molecule has 49 heavy (non-hydrogen) atoms. The van der Waals surface area contributed by atoms with Gasteiger partial charge >= 0.3 is 12.1 Å². The highest BCUT2D eigenvalue weighted by molar-refractivity contribution is 5.94. The lowest BCUT2D eigenvalue weighted by atomic mass is 10.0. The Morgan fingerprint density at radius 2 is 1.14 bits per heavy atom. The molecule has 0 radical (unpaired) electrons. The molecule has 262 valence electrons. The maximum absolute atomic E-state index is 14.3. The van der Waals surface area contributed by atoms with Gasteiger partial charge in [0.05, 0.1) is 19.2 Å². The van der Waals surface area contributed by atoms with Crippen LogP contribution in [0.15, 0.2) is 60.7 Å². The molecule has 0 unspecified atom stereocenters. The standard InChI is InChI=1S/C38H50N6O5/c1-23(2)29(33-40-32(36(46)48-10)26(6)44(33)22-28-19-15-12-16-20-28)41-35(45)31-25(5)43(21-27-17-13-11-14-18-27)34(39-31)30(24(3)4)42-37(47)49-38(7,8)9/h11-20,23-24,29-30H,21-22H2,1-10H3,(H,41,45)(H,42,47)/t29-,30-/m0/s1. The molecule has 0 saturated heterocycles. The number of methoxy groups -OCH3 is 1. The predicted octanol–water partition coefficient (Wildman–Crippen LogP) is 6.93. The molecule has 0 aliphatic rings. The van der Waals surface area contributed by atoms with Gasteiger partial charge in [0.2, 0.25) is 0 Å². The first-order chi connectivity index (χ1) is 23.1. The molecule has 2 aromatic carbocycles. The number of nitrogens with one attached hydrogen (secondary N) is 2. The second-order valence-corrected chi connectivity index (χ2v) is 14.0. The monoisotopic (exact) mass is 670 g/mol. The van der Waals surface area contributed by atoms with Crippen LogP contribution in [0.25, 0.3) is 0 Å². The van der Waals surface area contributed by atoms with Crippen LogP contribution in [-0.4, -0.2) is 49.8 Å². The summed E-state index contributed by atoms with van der Waals surface area (Å²) in [4.78, 5) is 49.7. The molecule has 0 aliphatic heterocycles. The van der Waals surface area contributed by atoms with Crippen LogP contribution in [0, 0.1) is 25.7 Å². The Balaban J connectivity index is 1.78. The second kappa shape index (κ2) is 15.5. The minimum Gasteiger partial charge on any atom is -0.464 e. The number of imidazole rings is 2. The molecule has 11 heteroatoms. The van der Waals surface area contributed by atoms with Gasteiger partial charge in [0.15, 0.2) is 5.69 Å². The van der Waals surface area contributed by atoms with Crippen molar-refractivity contribution in [2.75, 3.05) is 7.11 Å². The van der Waals surface area contributed by atoms with Crippen LogP contribution in [0.4, 0.5) is 4.79 Å². The van der Waals surface area contributed by atoms with Gasteiger partial charge in [0.25, 0.3) is 5.91 Å². The van der Waals surface area contributed by atoms with Crippen molar-refractivity contribution in [3.8, 4) is 0 Å². The molecule has 4 rings (SSSR count). The highest BCUT2D eigenvalue weighted by Crippen LogP contribution is 2.29. The van der Waals surface area contributed by atoms with Gasteiger partial charge in [-0.3, -0.25) is 4.79 Å². The van der Waals surface area contributed by atoms with Gasteiger partial charge in [0.1, 0.15) is 22.9 Å². The molecule has 11 nitrogen and oxygen atoms in total. The Morgan fingerprint density at radius 3 is 1.57 bits per heavy atom. The number of rotatable bonds is 12. The summed E-state index contributed by atoms with van der Waals surface area (Å²) < 4.78 is 14.6. The smallest absolute Gasteiger partial charge is 0.408 e. The van der Waals surface area contributed by atoms with Crippen molar-refractivity contribution >= 4 is 18.0 Å². The number of ether oxygens (including phenoxy) is 2. The third kappa shape index (κ3) is 8.95. The Kier molecular flexibility index (Phi) is 11.7. The molecule has 2 aromatic heterocycles. The van der Waals surface area contributed by atoms with Crippen molar-refractivity contribution in [2.45, 2.75) is 93.1 Å². The fourth-order valence-electron chi connectivity index (χ4n) is 5.72. The van der Waals surface area contributed by atoms with Crippen molar-refractivity contribution < 1.29 is 23.9 Å². The number of carbonyl (C=O) groups excluding carboxylic acids is 3. The van der Waals surface area contributed by atoms with E-state index in [9.17, 15) is 14.4 Å². The Bertz CT molecular complexity index is 1750. The second-order valence-electron chi connectivity index (χ2n) is 14.0. The third-order valence-electron chi connectivity index (χ3n) is 8.31. The number of carbonyl (C=O) groups is 3. The number of hydrogen-bond donors (Lipinski definition) is 2. The topological polar surface area (TPSA) is 129 Å². The lowest BCUT2D eigenvalue weighted by Gasteiger charge is -2.26. The van der Waals surface area contributed by atoms with E-state index >= 15 is 0 Å². The van der Waals surface area contributed by atoms with Gasteiger partial charge < -0.3 is 29.2 Å². The minimum atomic E-state index is -0.684. The van der Waals surface area contributed by atoms with Gasteiger partial charge in [0, 0.05) is 24.5 Å². The summed E-state index contributed by atoms with van der Waals surface area (Å²) in [6, 6.07) is 18.6. The van der Waals surface area contributed by atoms with Gasteiger partial charge in [-0.25, -0.2) is 19.6 Å². The van der Waals surface area contributed by atoms with Crippen LogP contribution in [-0.2, 0) is 22.6 Å². The van der Waals surface area contributed by atoms with E-state index in [0.29, 0.717) is 36.1 Å². The van der Waals surface area contributed by atoms with Crippen LogP contribution in [0.3, 0.4) is 0 Å². The molecule has 0 saturated carbocycles. The van der Waals surface area contributed by atoms with Crippen molar-refractivity contribution in [3.63, 3.8) is 0 Å². The highest BCUT2D eigenvalue weighted by Gasteiger charge is 2.33. The number of benzene rings is 2. The molecule has 4 aromatic rings. The van der Waals surface area contributed by atoms with E-state index in [1.165, 1.54) is 7.11 Å². The van der Waals surface area contributed by atoms with Gasteiger partial charge in [-0.05, 0) is 57.6 Å². The van der Waals surface area contributed by atoms with Gasteiger partial charge in [-0.15, -0.1) is 0 Å². The Hall–Kier alpha value is -4.93. The zero-order chi connectivity index (χ0) is 36.0. The maximum Gasteiger partial charge on any atom is 0.408 e. The normalized spacial score (nSPS) is 12.9.